The summed E-state index contributed by atoms with van der Waals surface area (Å²) in [7, 11) is 0. The van der Waals surface area contributed by atoms with E-state index >= 15 is 0 Å². The van der Waals surface area contributed by atoms with Gasteiger partial charge in [0, 0.05) is 0 Å². The van der Waals surface area contributed by atoms with Gasteiger partial charge in [0.15, 0.2) is 0 Å². The fraction of sp³-hybridized carbons (Fsp3) is 0.929. The van der Waals surface area contributed by atoms with E-state index in [-0.39, 0.29) is 5.41 Å². The van der Waals surface area contributed by atoms with Crippen LogP contribution in [0, 0.1) is 16.7 Å². The average Bonchev–Trinajstić information content (AvgIpc) is 2.30. The maximum atomic E-state index is 9.29. The second-order valence-corrected chi connectivity index (χ2v) is 5.12. The van der Waals surface area contributed by atoms with Crippen LogP contribution in [-0.2, 0) is 0 Å². The van der Waals surface area contributed by atoms with Gasteiger partial charge in [-0.1, -0.05) is 58.3 Å². The molecule has 0 aromatic heterocycles. The molecule has 1 fully saturated rings. The lowest BCUT2D eigenvalue weighted by Crippen LogP contribution is -2.21. The van der Waals surface area contributed by atoms with Gasteiger partial charge in [-0.25, -0.2) is 0 Å². The van der Waals surface area contributed by atoms with Crippen molar-refractivity contribution in [2.45, 2.75) is 77.6 Å². The average molecular weight is 207 g/mol. The smallest absolute Gasteiger partial charge is 0.0689 e. The Balaban J connectivity index is 2.19. The second-order valence-electron chi connectivity index (χ2n) is 5.12. The van der Waals surface area contributed by atoms with E-state index in [1.165, 1.54) is 51.4 Å². The molecule has 0 aromatic rings. The second kappa shape index (κ2) is 6.88. The molecule has 1 aliphatic rings. The molecule has 0 aliphatic heterocycles. The van der Waals surface area contributed by atoms with Gasteiger partial charge in [-0.2, -0.15) is 5.26 Å². The highest BCUT2D eigenvalue weighted by atomic mass is 14.4. The van der Waals surface area contributed by atoms with Crippen molar-refractivity contribution in [3.05, 3.63) is 0 Å². The zero-order valence-electron chi connectivity index (χ0n) is 10.2. The van der Waals surface area contributed by atoms with E-state index in [2.05, 4.69) is 13.0 Å². The normalized spacial score (nSPS) is 19.7. The molecular weight excluding hydrogens is 182 g/mol. The zero-order chi connectivity index (χ0) is 11.0. The molecule has 0 radical (unpaired) electrons. The van der Waals surface area contributed by atoms with Crippen LogP contribution in [-0.4, -0.2) is 0 Å². The number of nitrogens with zero attached hydrogens (tertiary/aromatic N) is 1. The minimum atomic E-state index is 0.0739. The van der Waals surface area contributed by atoms with Crippen LogP contribution in [0.25, 0.3) is 0 Å². The van der Waals surface area contributed by atoms with Crippen LogP contribution in [0.4, 0.5) is 0 Å². The van der Waals surface area contributed by atoms with E-state index in [1.54, 1.807) is 0 Å². The summed E-state index contributed by atoms with van der Waals surface area (Å²) in [4.78, 5) is 0. The summed E-state index contributed by atoms with van der Waals surface area (Å²) in [6.07, 6.45) is 14.0. The van der Waals surface area contributed by atoms with Crippen LogP contribution in [0.1, 0.15) is 77.6 Å². The Morgan fingerprint density at radius 2 is 1.67 bits per heavy atom. The number of nitriles is 1. The third-order valence-corrected chi connectivity index (χ3v) is 3.81. The first-order chi connectivity index (χ1) is 7.33. The summed E-state index contributed by atoms with van der Waals surface area (Å²) in [5.41, 5.74) is 0.0739. The van der Waals surface area contributed by atoms with E-state index in [0.717, 1.165) is 19.3 Å². The summed E-state index contributed by atoms with van der Waals surface area (Å²) in [6, 6.07) is 2.61. The van der Waals surface area contributed by atoms with E-state index in [9.17, 15) is 5.26 Å². The highest BCUT2D eigenvalue weighted by Crippen LogP contribution is 2.39. The fourth-order valence-electron chi connectivity index (χ4n) is 2.71. The van der Waals surface area contributed by atoms with Crippen molar-refractivity contribution < 1.29 is 0 Å². The van der Waals surface area contributed by atoms with Crippen molar-refractivity contribution in [1.82, 2.24) is 0 Å². The minimum absolute atomic E-state index is 0.0739. The largest absolute Gasteiger partial charge is 0.198 e. The Labute approximate surface area is 94.9 Å². The number of hydrogen-bond acceptors (Lipinski definition) is 1. The van der Waals surface area contributed by atoms with E-state index in [4.69, 9.17) is 0 Å². The minimum Gasteiger partial charge on any atom is -0.198 e. The topological polar surface area (TPSA) is 23.8 Å². The standard InChI is InChI=1S/C14H25N/c1-2-3-4-5-7-10-14(13-15)11-8-6-9-12-14/h2-12H2,1H3. The Bertz CT molecular complexity index is 196. The van der Waals surface area contributed by atoms with Gasteiger partial charge < -0.3 is 0 Å². The van der Waals surface area contributed by atoms with Crippen LogP contribution >= 0.6 is 0 Å². The lowest BCUT2D eigenvalue weighted by Gasteiger charge is -2.30. The quantitative estimate of drug-likeness (QED) is 0.573. The van der Waals surface area contributed by atoms with Gasteiger partial charge in [0.25, 0.3) is 0 Å². The molecule has 1 rings (SSSR count). The lowest BCUT2D eigenvalue weighted by atomic mass is 9.72. The van der Waals surface area contributed by atoms with Crippen molar-refractivity contribution in [2.24, 2.45) is 5.41 Å². The predicted molar refractivity (Wildman–Crippen MR) is 64.5 cm³/mol. The monoisotopic (exact) mass is 207 g/mol. The maximum absolute atomic E-state index is 9.29. The summed E-state index contributed by atoms with van der Waals surface area (Å²) in [5.74, 6) is 0. The molecule has 0 unspecified atom stereocenters. The molecule has 86 valence electrons. The van der Waals surface area contributed by atoms with Crippen molar-refractivity contribution in [2.75, 3.05) is 0 Å². The highest BCUT2D eigenvalue weighted by Gasteiger charge is 2.30. The van der Waals surface area contributed by atoms with Crippen molar-refractivity contribution in [3.63, 3.8) is 0 Å². The molecule has 1 aliphatic carbocycles. The molecule has 0 aromatic carbocycles. The molecule has 0 N–H and O–H groups in total. The van der Waals surface area contributed by atoms with E-state index in [0.29, 0.717) is 0 Å². The number of unbranched alkanes of at least 4 members (excludes halogenated alkanes) is 4. The lowest BCUT2D eigenvalue weighted by molar-refractivity contribution is 0.241. The third kappa shape index (κ3) is 4.24. The summed E-state index contributed by atoms with van der Waals surface area (Å²) in [6.45, 7) is 2.25. The molecule has 0 spiro atoms. The summed E-state index contributed by atoms with van der Waals surface area (Å²) in [5, 5.41) is 9.29. The van der Waals surface area contributed by atoms with Gasteiger partial charge in [0.1, 0.15) is 0 Å². The van der Waals surface area contributed by atoms with E-state index < -0.39 is 0 Å². The third-order valence-electron chi connectivity index (χ3n) is 3.81. The zero-order valence-corrected chi connectivity index (χ0v) is 10.2. The van der Waals surface area contributed by atoms with Crippen LogP contribution < -0.4 is 0 Å². The Hall–Kier alpha value is -0.510. The maximum Gasteiger partial charge on any atom is 0.0689 e. The molecule has 15 heavy (non-hydrogen) atoms. The van der Waals surface area contributed by atoms with Gasteiger partial charge in [-0.15, -0.1) is 0 Å². The SMILES string of the molecule is CCCCCCCC1(C#N)CCCCC1. The van der Waals surface area contributed by atoms with E-state index in [1.807, 2.05) is 0 Å². The van der Waals surface area contributed by atoms with Crippen LogP contribution in [0.3, 0.4) is 0 Å². The Morgan fingerprint density at radius 3 is 2.27 bits per heavy atom. The molecule has 1 heteroatoms. The van der Waals surface area contributed by atoms with Crippen molar-refractivity contribution >= 4 is 0 Å². The van der Waals surface area contributed by atoms with Crippen LogP contribution in [0.5, 0.6) is 0 Å². The van der Waals surface area contributed by atoms with Crippen molar-refractivity contribution in [1.29, 1.82) is 5.26 Å². The molecule has 0 saturated heterocycles. The van der Waals surface area contributed by atoms with Gasteiger partial charge in [-0.05, 0) is 19.3 Å². The molecule has 1 saturated carbocycles. The summed E-state index contributed by atoms with van der Waals surface area (Å²) < 4.78 is 0. The molecule has 1 nitrogen and oxygen atoms in total. The molecule has 0 amide bonds. The predicted octanol–water partition coefficient (Wildman–Crippen LogP) is 4.82. The highest BCUT2D eigenvalue weighted by molar-refractivity contribution is 5.00. The number of rotatable bonds is 6. The molecular formula is C14H25N. The molecule has 0 bridgehead atoms. The van der Waals surface area contributed by atoms with Crippen LogP contribution in [0.15, 0.2) is 0 Å². The fourth-order valence-corrected chi connectivity index (χ4v) is 2.71. The molecule has 0 atom stereocenters. The van der Waals surface area contributed by atoms with Gasteiger partial charge in [-0.3, -0.25) is 0 Å². The number of hydrogen-bond donors (Lipinski definition) is 0. The van der Waals surface area contributed by atoms with Gasteiger partial charge >= 0.3 is 0 Å². The van der Waals surface area contributed by atoms with Gasteiger partial charge in [0.05, 0.1) is 11.5 Å². The van der Waals surface area contributed by atoms with Crippen molar-refractivity contribution in [3.8, 4) is 6.07 Å². The van der Waals surface area contributed by atoms with Crippen LogP contribution in [0.2, 0.25) is 0 Å². The summed E-state index contributed by atoms with van der Waals surface area (Å²) >= 11 is 0. The van der Waals surface area contributed by atoms with Gasteiger partial charge in [0.2, 0.25) is 0 Å². The first-order valence-corrected chi connectivity index (χ1v) is 6.74. The first kappa shape index (κ1) is 12.6. The Kier molecular flexibility index (Phi) is 5.76. The Morgan fingerprint density at radius 1 is 1.00 bits per heavy atom. The first-order valence-electron chi connectivity index (χ1n) is 6.74. The molecule has 0 heterocycles.